The molecule has 0 atom stereocenters. The Balaban J connectivity index is 2.02. The summed E-state index contributed by atoms with van der Waals surface area (Å²) in [5.41, 5.74) is 2.38. The van der Waals surface area contributed by atoms with Gasteiger partial charge in [0, 0.05) is 22.1 Å². The first-order chi connectivity index (χ1) is 11.9. The summed E-state index contributed by atoms with van der Waals surface area (Å²) in [7, 11) is 0. The number of halogens is 1. The first-order valence-corrected chi connectivity index (χ1v) is 9.31. The summed E-state index contributed by atoms with van der Waals surface area (Å²) in [4.78, 5) is 27.8. The number of thiophene rings is 1. The molecule has 6 heteroatoms. The Labute approximate surface area is 156 Å². The van der Waals surface area contributed by atoms with E-state index in [2.05, 4.69) is 5.32 Å². The lowest BCUT2D eigenvalue weighted by atomic mass is 10.1. The molecule has 0 bridgehead atoms. The van der Waals surface area contributed by atoms with Gasteiger partial charge < -0.3 is 5.32 Å². The molecule has 0 radical (unpaired) electrons. The Morgan fingerprint density at radius 1 is 1.20 bits per heavy atom. The van der Waals surface area contributed by atoms with Crippen LogP contribution in [-0.2, 0) is 9.59 Å². The van der Waals surface area contributed by atoms with Crippen molar-refractivity contribution in [3.8, 4) is 0 Å². The van der Waals surface area contributed by atoms with Crippen molar-refractivity contribution < 1.29 is 9.59 Å². The second kappa shape index (κ2) is 7.02. The lowest BCUT2D eigenvalue weighted by Crippen LogP contribution is -2.35. The van der Waals surface area contributed by atoms with Crippen LogP contribution in [0.3, 0.4) is 0 Å². The number of hydrogen-bond acceptors (Lipinski definition) is 4. The Bertz CT molecular complexity index is 856. The standard InChI is InChI=1S/C19H19ClN2O2S/c1-11(2)10-22-18(23)16(15-5-4-8-25-15)17(19(22)24)21-13-7-6-12(3)14(20)9-13/h4-9,11,21H,10H2,1-3H3. The Kier molecular flexibility index (Phi) is 4.97. The minimum atomic E-state index is -0.293. The number of carbonyl (C=O) groups excluding carboxylic acids is 2. The molecule has 2 aromatic rings. The summed E-state index contributed by atoms with van der Waals surface area (Å²) in [6, 6.07) is 9.22. The van der Waals surface area contributed by atoms with Gasteiger partial charge in [-0.2, -0.15) is 0 Å². The third-order valence-electron chi connectivity index (χ3n) is 3.92. The number of nitrogens with zero attached hydrogens (tertiary/aromatic N) is 1. The topological polar surface area (TPSA) is 49.4 Å². The van der Waals surface area contributed by atoms with Gasteiger partial charge in [-0.25, -0.2) is 0 Å². The molecule has 0 saturated heterocycles. The maximum atomic E-state index is 12.9. The first kappa shape index (κ1) is 17.7. The average Bonchev–Trinajstić information content (AvgIpc) is 3.14. The molecular weight excluding hydrogens is 356 g/mol. The molecule has 2 heterocycles. The van der Waals surface area contributed by atoms with Gasteiger partial charge in [0.15, 0.2) is 0 Å². The van der Waals surface area contributed by atoms with Crippen LogP contribution in [0.1, 0.15) is 24.3 Å². The van der Waals surface area contributed by atoms with Crippen molar-refractivity contribution in [1.82, 2.24) is 4.90 Å². The molecule has 0 aliphatic carbocycles. The lowest BCUT2D eigenvalue weighted by molar-refractivity contribution is -0.137. The molecule has 0 unspecified atom stereocenters. The molecule has 1 aliphatic heterocycles. The van der Waals surface area contributed by atoms with Gasteiger partial charge in [-0.05, 0) is 42.0 Å². The van der Waals surface area contributed by atoms with Gasteiger partial charge in [0.2, 0.25) is 0 Å². The van der Waals surface area contributed by atoms with E-state index in [9.17, 15) is 9.59 Å². The number of hydrogen-bond donors (Lipinski definition) is 1. The molecule has 1 aromatic heterocycles. The number of benzene rings is 1. The quantitative estimate of drug-likeness (QED) is 0.780. The van der Waals surface area contributed by atoms with E-state index in [-0.39, 0.29) is 17.7 Å². The molecular formula is C19H19ClN2O2S. The van der Waals surface area contributed by atoms with E-state index < -0.39 is 0 Å². The van der Waals surface area contributed by atoms with Gasteiger partial charge in [-0.15, -0.1) is 11.3 Å². The fourth-order valence-corrected chi connectivity index (χ4v) is 3.64. The number of imide groups is 1. The van der Waals surface area contributed by atoms with E-state index in [1.54, 1.807) is 6.07 Å². The summed E-state index contributed by atoms with van der Waals surface area (Å²) in [5.74, 6) is -0.341. The molecule has 25 heavy (non-hydrogen) atoms. The molecule has 4 nitrogen and oxygen atoms in total. The molecule has 3 rings (SSSR count). The average molecular weight is 375 g/mol. The second-order valence-electron chi connectivity index (χ2n) is 6.43. The minimum absolute atomic E-state index is 0.200. The van der Waals surface area contributed by atoms with Crippen molar-refractivity contribution in [2.24, 2.45) is 5.92 Å². The Morgan fingerprint density at radius 3 is 2.56 bits per heavy atom. The Hall–Kier alpha value is -2.11. The highest BCUT2D eigenvalue weighted by Crippen LogP contribution is 2.33. The van der Waals surface area contributed by atoms with Crippen LogP contribution in [0.25, 0.3) is 5.57 Å². The molecule has 0 saturated carbocycles. The molecule has 0 spiro atoms. The van der Waals surface area contributed by atoms with Crippen LogP contribution in [0.4, 0.5) is 5.69 Å². The van der Waals surface area contributed by atoms with Crippen molar-refractivity contribution in [1.29, 1.82) is 0 Å². The highest BCUT2D eigenvalue weighted by molar-refractivity contribution is 7.11. The summed E-state index contributed by atoms with van der Waals surface area (Å²) >= 11 is 7.62. The number of anilines is 1. The van der Waals surface area contributed by atoms with Gasteiger partial charge in [0.1, 0.15) is 5.70 Å². The van der Waals surface area contributed by atoms with Crippen LogP contribution < -0.4 is 5.32 Å². The first-order valence-electron chi connectivity index (χ1n) is 8.06. The number of nitrogens with one attached hydrogen (secondary N) is 1. The van der Waals surface area contributed by atoms with Gasteiger partial charge in [0.25, 0.3) is 11.8 Å². The smallest absolute Gasteiger partial charge is 0.278 e. The molecule has 130 valence electrons. The molecule has 1 aromatic carbocycles. The van der Waals surface area contributed by atoms with Crippen LogP contribution >= 0.6 is 22.9 Å². The SMILES string of the molecule is Cc1ccc(NC2=C(c3cccs3)C(=O)N(CC(C)C)C2=O)cc1Cl. The maximum Gasteiger partial charge on any atom is 0.278 e. The third kappa shape index (κ3) is 3.48. The third-order valence-corrected chi connectivity index (χ3v) is 5.22. The fraction of sp³-hybridized carbons (Fsp3) is 0.263. The van der Waals surface area contributed by atoms with E-state index in [4.69, 9.17) is 11.6 Å². The highest BCUT2D eigenvalue weighted by Gasteiger charge is 2.39. The van der Waals surface area contributed by atoms with Crippen molar-refractivity contribution in [3.63, 3.8) is 0 Å². The summed E-state index contributed by atoms with van der Waals surface area (Å²) in [6.07, 6.45) is 0. The van der Waals surface area contributed by atoms with Crippen molar-refractivity contribution >= 4 is 46.0 Å². The predicted octanol–water partition coefficient (Wildman–Crippen LogP) is 4.56. The number of rotatable bonds is 5. The van der Waals surface area contributed by atoms with Gasteiger partial charge in [-0.1, -0.05) is 37.6 Å². The van der Waals surface area contributed by atoms with Crippen LogP contribution in [0.2, 0.25) is 5.02 Å². The normalized spacial score (nSPS) is 14.8. The number of amides is 2. The van der Waals surface area contributed by atoms with E-state index in [1.165, 1.54) is 16.2 Å². The Morgan fingerprint density at radius 2 is 1.96 bits per heavy atom. The van der Waals surface area contributed by atoms with E-state index in [1.807, 2.05) is 50.4 Å². The zero-order valence-corrected chi connectivity index (χ0v) is 15.9. The summed E-state index contributed by atoms with van der Waals surface area (Å²) in [5, 5.41) is 5.63. The van der Waals surface area contributed by atoms with Gasteiger partial charge in [-0.3, -0.25) is 14.5 Å². The van der Waals surface area contributed by atoms with E-state index >= 15 is 0 Å². The zero-order valence-electron chi connectivity index (χ0n) is 14.3. The van der Waals surface area contributed by atoms with Crippen molar-refractivity contribution in [3.05, 3.63) is 56.9 Å². The molecule has 1 N–H and O–H groups in total. The number of aryl methyl sites for hydroxylation is 1. The second-order valence-corrected chi connectivity index (χ2v) is 7.79. The van der Waals surface area contributed by atoms with Crippen molar-refractivity contribution in [2.45, 2.75) is 20.8 Å². The minimum Gasteiger partial charge on any atom is -0.350 e. The maximum absolute atomic E-state index is 12.9. The van der Waals surface area contributed by atoms with Crippen LogP contribution in [-0.4, -0.2) is 23.3 Å². The zero-order chi connectivity index (χ0) is 18.1. The molecule has 2 amide bonds. The van der Waals surface area contributed by atoms with Crippen LogP contribution in [0.5, 0.6) is 0 Å². The highest BCUT2D eigenvalue weighted by atomic mass is 35.5. The summed E-state index contributed by atoms with van der Waals surface area (Å²) in [6.45, 7) is 6.27. The summed E-state index contributed by atoms with van der Waals surface area (Å²) < 4.78 is 0. The van der Waals surface area contributed by atoms with E-state index in [0.29, 0.717) is 28.5 Å². The number of carbonyl (C=O) groups is 2. The van der Waals surface area contributed by atoms with Gasteiger partial charge >= 0.3 is 0 Å². The van der Waals surface area contributed by atoms with Gasteiger partial charge in [0.05, 0.1) is 5.57 Å². The monoisotopic (exact) mass is 374 g/mol. The van der Waals surface area contributed by atoms with Crippen LogP contribution in [0.15, 0.2) is 41.4 Å². The molecule has 1 aliphatic rings. The van der Waals surface area contributed by atoms with Crippen molar-refractivity contribution in [2.75, 3.05) is 11.9 Å². The molecule has 0 fully saturated rings. The fourth-order valence-electron chi connectivity index (χ4n) is 2.69. The van der Waals surface area contributed by atoms with E-state index in [0.717, 1.165) is 10.4 Å². The largest absolute Gasteiger partial charge is 0.350 e. The predicted molar refractivity (Wildman–Crippen MR) is 103 cm³/mol. The lowest BCUT2D eigenvalue weighted by Gasteiger charge is -2.17. The van der Waals surface area contributed by atoms with Crippen LogP contribution in [0, 0.1) is 12.8 Å².